The van der Waals surface area contributed by atoms with Crippen LogP contribution in [0.1, 0.15) is 25.3 Å². The van der Waals surface area contributed by atoms with E-state index in [1.54, 1.807) is 30.0 Å². The molecule has 1 rings (SSSR count). The van der Waals surface area contributed by atoms with Crippen molar-refractivity contribution < 1.29 is 9.90 Å². The number of urea groups is 1. The quantitative estimate of drug-likeness (QED) is 0.724. The van der Waals surface area contributed by atoms with E-state index in [1.807, 2.05) is 11.6 Å². The SMILES string of the molecule is CSCC(C)(O)CNC(=O)NCC(C)c1ccsc1. The van der Waals surface area contributed by atoms with Gasteiger partial charge in [0.15, 0.2) is 0 Å². The summed E-state index contributed by atoms with van der Waals surface area (Å²) in [5, 5.41) is 19.6. The summed E-state index contributed by atoms with van der Waals surface area (Å²) >= 11 is 3.21. The number of hydrogen-bond acceptors (Lipinski definition) is 4. The van der Waals surface area contributed by atoms with Crippen LogP contribution < -0.4 is 10.6 Å². The lowest BCUT2D eigenvalue weighted by Crippen LogP contribution is -2.46. The molecule has 108 valence electrons. The molecule has 1 aromatic rings. The van der Waals surface area contributed by atoms with Crippen LogP contribution in [0.25, 0.3) is 0 Å². The largest absolute Gasteiger partial charge is 0.387 e. The number of carbonyl (C=O) groups excluding carboxylic acids is 1. The van der Waals surface area contributed by atoms with Crippen LogP contribution in [0.3, 0.4) is 0 Å². The Kier molecular flexibility index (Phi) is 6.68. The molecule has 0 aliphatic heterocycles. The van der Waals surface area contributed by atoms with Gasteiger partial charge in [0.05, 0.1) is 5.60 Å². The van der Waals surface area contributed by atoms with Gasteiger partial charge in [-0.2, -0.15) is 23.1 Å². The van der Waals surface area contributed by atoms with E-state index in [2.05, 4.69) is 29.0 Å². The second kappa shape index (κ2) is 7.77. The van der Waals surface area contributed by atoms with Gasteiger partial charge in [0.25, 0.3) is 0 Å². The predicted molar refractivity (Wildman–Crippen MR) is 83.1 cm³/mol. The first-order valence-electron chi connectivity index (χ1n) is 6.20. The van der Waals surface area contributed by atoms with Crippen LogP contribution >= 0.6 is 23.1 Å². The molecule has 4 nitrogen and oxygen atoms in total. The standard InChI is InChI=1S/C13H22N2O2S2/c1-10(11-4-5-19-7-11)6-14-12(16)15-8-13(2,17)9-18-3/h4-5,7,10,17H,6,8-9H2,1-3H3,(H2,14,15,16). The maximum atomic E-state index is 11.6. The maximum Gasteiger partial charge on any atom is 0.314 e. The molecule has 0 aliphatic rings. The Labute approximate surface area is 123 Å². The predicted octanol–water partition coefficient (Wildman–Crippen LogP) is 2.26. The third kappa shape index (κ3) is 6.31. The zero-order chi connectivity index (χ0) is 14.3. The minimum atomic E-state index is -0.865. The van der Waals surface area contributed by atoms with Crippen LogP contribution in [0.2, 0.25) is 0 Å². The summed E-state index contributed by atoms with van der Waals surface area (Å²) in [7, 11) is 0. The van der Waals surface area contributed by atoms with Gasteiger partial charge < -0.3 is 15.7 Å². The first-order chi connectivity index (χ1) is 8.94. The average Bonchev–Trinajstić information content (AvgIpc) is 2.87. The molecule has 0 saturated carbocycles. The van der Waals surface area contributed by atoms with Gasteiger partial charge in [0.2, 0.25) is 0 Å². The van der Waals surface area contributed by atoms with Gasteiger partial charge in [-0.3, -0.25) is 0 Å². The lowest BCUT2D eigenvalue weighted by atomic mass is 10.1. The van der Waals surface area contributed by atoms with Gasteiger partial charge in [-0.25, -0.2) is 4.79 Å². The fourth-order valence-corrected chi connectivity index (χ4v) is 3.12. The summed E-state index contributed by atoms with van der Waals surface area (Å²) in [5.41, 5.74) is 0.370. The molecule has 19 heavy (non-hydrogen) atoms. The lowest BCUT2D eigenvalue weighted by Gasteiger charge is -2.22. The lowest BCUT2D eigenvalue weighted by molar-refractivity contribution is 0.0869. The van der Waals surface area contributed by atoms with E-state index in [0.29, 0.717) is 18.2 Å². The summed E-state index contributed by atoms with van der Waals surface area (Å²) in [5.74, 6) is 0.891. The number of carbonyl (C=O) groups is 1. The van der Waals surface area contributed by atoms with Crippen LogP contribution in [0.5, 0.6) is 0 Å². The fraction of sp³-hybridized carbons (Fsp3) is 0.615. The van der Waals surface area contributed by atoms with Crippen molar-refractivity contribution in [2.75, 3.05) is 25.1 Å². The summed E-state index contributed by atoms with van der Waals surface area (Å²) in [6, 6.07) is 1.83. The first kappa shape index (κ1) is 16.3. The Hall–Kier alpha value is -0.720. The minimum Gasteiger partial charge on any atom is -0.387 e. The van der Waals surface area contributed by atoms with Crippen LogP contribution in [-0.4, -0.2) is 41.8 Å². The summed E-state index contributed by atoms with van der Waals surface area (Å²) in [6.07, 6.45) is 1.93. The number of hydrogen-bond donors (Lipinski definition) is 3. The molecule has 0 aliphatic carbocycles. The average molecular weight is 302 g/mol. The highest BCUT2D eigenvalue weighted by atomic mass is 32.2. The van der Waals surface area contributed by atoms with E-state index in [1.165, 1.54) is 5.56 Å². The topological polar surface area (TPSA) is 61.4 Å². The van der Waals surface area contributed by atoms with Crippen LogP contribution in [0.15, 0.2) is 16.8 Å². The highest BCUT2D eigenvalue weighted by Crippen LogP contribution is 2.17. The summed E-state index contributed by atoms with van der Waals surface area (Å²) < 4.78 is 0. The number of thiophene rings is 1. The molecule has 2 unspecified atom stereocenters. The third-order valence-corrected chi connectivity index (χ3v) is 4.38. The Balaban J connectivity index is 2.25. The van der Waals surface area contributed by atoms with Gasteiger partial charge in [-0.1, -0.05) is 6.92 Å². The molecule has 0 bridgehead atoms. The molecule has 0 saturated heterocycles. The van der Waals surface area contributed by atoms with E-state index in [-0.39, 0.29) is 12.6 Å². The number of nitrogens with one attached hydrogen (secondary N) is 2. The molecule has 3 N–H and O–H groups in total. The Morgan fingerprint density at radius 2 is 2.32 bits per heavy atom. The molecular weight excluding hydrogens is 280 g/mol. The van der Waals surface area contributed by atoms with Crippen molar-refractivity contribution in [3.8, 4) is 0 Å². The molecule has 2 atom stereocenters. The molecular formula is C13H22N2O2S2. The zero-order valence-electron chi connectivity index (χ0n) is 11.6. The normalized spacial score (nSPS) is 15.6. The molecule has 0 spiro atoms. The molecule has 0 aromatic carbocycles. The zero-order valence-corrected chi connectivity index (χ0v) is 13.2. The number of thioether (sulfide) groups is 1. The minimum absolute atomic E-state index is 0.233. The Morgan fingerprint density at radius 1 is 1.58 bits per heavy atom. The first-order valence-corrected chi connectivity index (χ1v) is 8.53. The monoisotopic (exact) mass is 302 g/mol. The molecule has 6 heteroatoms. The van der Waals surface area contributed by atoms with E-state index in [0.717, 1.165) is 0 Å². The van der Waals surface area contributed by atoms with Crippen molar-refractivity contribution in [2.24, 2.45) is 0 Å². The third-order valence-electron chi connectivity index (χ3n) is 2.77. The smallest absolute Gasteiger partial charge is 0.314 e. The second-order valence-corrected chi connectivity index (χ2v) is 6.60. The van der Waals surface area contributed by atoms with E-state index in [9.17, 15) is 9.90 Å². The van der Waals surface area contributed by atoms with Crippen LogP contribution in [-0.2, 0) is 0 Å². The fourth-order valence-electron chi connectivity index (χ4n) is 1.61. The summed E-state index contributed by atoms with van der Waals surface area (Å²) in [6.45, 7) is 4.64. The Bertz CT molecular complexity index is 380. The van der Waals surface area contributed by atoms with Gasteiger partial charge in [0.1, 0.15) is 0 Å². The molecule has 1 heterocycles. The van der Waals surface area contributed by atoms with Crippen LogP contribution in [0.4, 0.5) is 4.79 Å². The van der Waals surface area contributed by atoms with Gasteiger partial charge in [-0.15, -0.1) is 0 Å². The molecule has 0 fully saturated rings. The molecule has 2 amide bonds. The maximum absolute atomic E-state index is 11.6. The number of amides is 2. The van der Waals surface area contributed by atoms with Crippen molar-refractivity contribution in [3.05, 3.63) is 22.4 Å². The van der Waals surface area contributed by atoms with E-state index in [4.69, 9.17) is 0 Å². The summed E-state index contributed by atoms with van der Waals surface area (Å²) in [4.78, 5) is 11.6. The van der Waals surface area contributed by atoms with Crippen molar-refractivity contribution >= 4 is 29.1 Å². The molecule has 1 aromatic heterocycles. The second-order valence-electron chi connectivity index (χ2n) is 4.95. The number of aliphatic hydroxyl groups is 1. The van der Waals surface area contributed by atoms with Crippen molar-refractivity contribution in [1.82, 2.24) is 10.6 Å². The number of rotatable bonds is 7. The molecule has 0 radical (unpaired) electrons. The highest BCUT2D eigenvalue weighted by Gasteiger charge is 2.20. The van der Waals surface area contributed by atoms with Gasteiger partial charge in [-0.05, 0) is 41.5 Å². The van der Waals surface area contributed by atoms with E-state index < -0.39 is 5.60 Å². The van der Waals surface area contributed by atoms with Crippen molar-refractivity contribution in [1.29, 1.82) is 0 Å². The van der Waals surface area contributed by atoms with Gasteiger partial charge >= 0.3 is 6.03 Å². The van der Waals surface area contributed by atoms with Crippen molar-refractivity contribution in [2.45, 2.75) is 25.4 Å². The van der Waals surface area contributed by atoms with E-state index >= 15 is 0 Å². The van der Waals surface area contributed by atoms with Gasteiger partial charge in [0, 0.05) is 18.8 Å². The Morgan fingerprint density at radius 3 is 2.89 bits per heavy atom. The van der Waals surface area contributed by atoms with Crippen molar-refractivity contribution in [3.63, 3.8) is 0 Å². The highest BCUT2D eigenvalue weighted by molar-refractivity contribution is 7.98. The van der Waals surface area contributed by atoms with Crippen LogP contribution in [0, 0.1) is 0 Å².